The molecule has 0 aliphatic carbocycles. The number of para-hydroxylation sites is 1. The van der Waals surface area contributed by atoms with E-state index in [1.807, 2.05) is 44.2 Å². The monoisotopic (exact) mass is 336 g/mol. The van der Waals surface area contributed by atoms with E-state index in [9.17, 15) is 9.59 Å². The van der Waals surface area contributed by atoms with Gasteiger partial charge in [-0.15, -0.1) is 11.3 Å². The quantitative estimate of drug-likeness (QED) is 0.673. The van der Waals surface area contributed by atoms with Crippen LogP contribution in [-0.4, -0.2) is 28.2 Å². The van der Waals surface area contributed by atoms with Crippen molar-refractivity contribution in [3.05, 3.63) is 53.6 Å². The molecule has 3 aromatic rings. The number of fused-ring (bicyclic) bond motifs is 2. The number of imide groups is 1. The summed E-state index contributed by atoms with van der Waals surface area (Å²) in [6.07, 6.45) is 0. The fourth-order valence-electron chi connectivity index (χ4n) is 2.95. The fourth-order valence-corrected chi connectivity index (χ4v) is 3.91. The molecule has 0 spiro atoms. The van der Waals surface area contributed by atoms with Crippen LogP contribution < -0.4 is 0 Å². The molecule has 0 N–H and O–H groups in total. The van der Waals surface area contributed by atoms with Gasteiger partial charge in [0.05, 0.1) is 21.3 Å². The van der Waals surface area contributed by atoms with Crippen LogP contribution in [0.15, 0.2) is 42.5 Å². The van der Waals surface area contributed by atoms with E-state index in [1.165, 1.54) is 4.90 Å². The number of benzene rings is 2. The topological polar surface area (TPSA) is 50.3 Å². The molecule has 0 saturated carbocycles. The fraction of sp³-hybridized carbons (Fsp3) is 0.211. The highest BCUT2D eigenvalue weighted by atomic mass is 32.1. The van der Waals surface area contributed by atoms with Gasteiger partial charge in [0.15, 0.2) is 0 Å². The molecule has 4 rings (SSSR count). The Morgan fingerprint density at radius 2 is 1.79 bits per heavy atom. The van der Waals surface area contributed by atoms with Crippen LogP contribution in [0.2, 0.25) is 0 Å². The third kappa shape index (κ3) is 2.32. The molecule has 0 unspecified atom stereocenters. The summed E-state index contributed by atoms with van der Waals surface area (Å²) in [4.78, 5) is 31.0. The van der Waals surface area contributed by atoms with Crippen LogP contribution in [0.25, 0.3) is 20.8 Å². The van der Waals surface area contributed by atoms with Gasteiger partial charge in [0.2, 0.25) is 0 Å². The second kappa shape index (κ2) is 5.53. The number of carbonyl (C=O) groups is 2. The number of carbonyl (C=O) groups excluding carboxylic acids is 2. The van der Waals surface area contributed by atoms with E-state index in [-0.39, 0.29) is 17.7 Å². The summed E-state index contributed by atoms with van der Waals surface area (Å²) < 4.78 is 1.11. The van der Waals surface area contributed by atoms with E-state index in [0.717, 1.165) is 20.8 Å². The van der Waals surface area contributed by atoms with Gasteiger partial charge >= 0.3 is 0 Å². The SMILES string of the molecule is CC(C)CN1C(=O)c2ccc(-c3nc4ccccc4s3)cc2C1=O. The average molecular weight is 336 g/mol. The molecule has 0 saturated heterocycles. The Morgan fingerprint density at radius 1 is 1.04 bits per heavy atom. The van der Waals surface area contributed by atoms with Crippen molar-refractivity contribution in [1.82, 2.24) is 9.88 Å². The molecular weight excluding hydrogens is 320 g/mol. The summed E-state index contributed by atoms with van der Waals surface area (Å²) in [6, 6.07) is 13.4. The zero-order valence-corrected chi connectivity index (χ0v) is 14.3. The smallest absolute Gasteiger partial charge is 0.261 e. The van der Waals surface area contributed by atoms with Gasteiger partial charge in [-0.1, -0.05) is 32.0 Å². The largest absolute Gasteiger partial charge is 0.274 e. The van der Waals surface area contributed by atoms with E-state index in [4.69, 9.17) is 0 Å². The van der Waals surface area contributed by atoms with Crippen LogP contribution in [0.4, 0.5) is 0 Å². The minimum Gasteiger partial charge on any atom is -0.274 e. The Kier molecular flexibility index (Phi) is 3.46. The highest BCUT2D eigenvalue weighted by Gasteiger charge is 2.35. The Morgan fingerprint density at radius 3 is 2.54 bits per heavy atom. The summed E-state index contributed by atoms with van der Waals surface area (Å²) in [6.45, 7) is 4.44. The van der Waals surface area contributed by atoms with Crippen molar-refractivity contribution in [2.75, 3.05) is 6.54 Å². The molecule has 2 heterocycles. The summed E-state index contributed by atoms with van der Waals surface area (Å²) in [5.41, 5.74) is 2.80. The van der Waals surface area contributed by atoms with Crippen LogP contribution in [0.5, 0.6) is 0 Å². The van der Waals surface area contributed by atoms with Crippen LogP contribution in [-0.2, 0) is 0 Å². The maximum Gasteiger partial charge on any atom is 0.261 e. The lowest BCUT2D eigenvalue weighted by molar-refractivity contribution is 0.0636. The normalized spacial score (nSPS) is 14.0. The van der Waals surface area contributed by atoms with E-state index in [0.29, 0.717) is 17.7 Å². The summed E-state index contributed by atoms with van der Waals surface area (Å²) >= 11 is 1.59. The van der Waals surface area contributed by atoms with E-state index >= 15 is 0 Å². The molecule has 2 aromatic carbocycles. The lowest BCUT2D eigenvalue weighted by Gasteiger charge is -2.15. The first kappa shape index (κ1) is 15.0. The van der Waals surface area contributed by atoms with Crippen LogP contribution in [0.1, 0.15) is 34.6 Å². The molecule has 24 heavy (non-hydrogen) atoms. The van der Waals surface area contributed by atoms with E-state index in [1.54, 1.807) is 23.5 Å². The van der Waals surface area contributed by atoms with Gasteiger partial charge < -0.3 is 0 Å². The molecule has 1 aromatic heterocycles. The van der Waals surface area contributed by atoms with Gasteiger partial charge in [0.25, 0.3) is 11.8 Å². The molecule has 5 heteroatoms. The first-order chi connectivity index (χ1) is 11.5. The molecule has 4 nitrogen and oxygen atoms in total. The summed E-state index contributed by atoms with van der Waals surface area (Å²) in [7, 11) is 0. The molecule has 0 radical (unpaired) electrons. The summed E-state index contributed by atoms with van der Waals surface area (Å²) in [5, 5.41) is 0.863. The van der Waals surface area contributed by atoms with Crippen LogP contribution >= 0.6 is 11.3 Å². The first-order valence-corrected chi connectivity index (χ1v) is 8.72. The van der Waals surface area contributed by atoms with E-state index < -0.39 is 0 Å². The highest BCUT2D eigenvalue weighted by molar-refractivity contribution is 7.21. The predicted octanol–water partition coefficient (Wildman–Crippen LogP) is 4.22. The van der Waals surface area contributed by atoms with Crippen LogP contribution in [0.3, 0.4) is 0 Å². The molecule has 1 aliphatic heterocycles. The minimum atomic E-state index is -0.202. The minimum absolute atomic E-state index is 0.195. The first-order valence-electron chi connectivity index (χ1n) is 7.91. The molecule has 1 aliphatic rings. The number of rotatable bonds is 3. The highest BCUT2D eigenvalue weighted by Crippen LogP contribution is 2.33. The van der Waals surface area contributed by atoms with Gasteiger partial charge in [-0.3, -0.25) is 14.5 Å². The molecule has 120 valence electrons. The molecule has 0 fully saturated rings. The number of nitrogens with zero attached hydrogens (tertiary/aromatic N) is 2. The van der Waals surface area contributed by atoms with Crippen molar-refractivity contribution in [2.45, 2.75) is 13.8 Å². The summed E-state index contributed by atoms with van der Waals surface area (Å²) in [5.74, 6) is -0.151. The van der Waals surface area contributed by atoms with Gasteiger partial charge in [0.1, 0.15) is 5.01 Å². The standard InChI is InChI=1S/C19H16N2O2S/c1-11(2)10-21-18(22)13-8-7-12(9-14(13)19(21)23)17-20-15-5-3-4-6-16(15)24-17/h3-9,11H,10H2,1-2H3. The van der Waals surface area contributed by atoms with Gasteiger partial charge in [-0.2, -0.15) is 0 Å². The Balaban J connectivity index is 1.76. The predicted molar refractivity (Wildman–Crippen MR) is 95.3 cm³/mol. The van der Waals surface area contributed by atoms with E-state index in [2.05, 4.69) is 4.98 Å². The Hall–Kier alpha value is -2.53. The Bertz CT molecular complexity index is 941. The van der Waals surface area contributed by atoms with Crippen molar-refractivity contribution in [3.63, 3.8) is 0 Å². The number of amides is 2. The van der Waals surface area contributed by atoms with Crippen molar-refractivity contribution < 1.29 is 9.59 Å². The number of hydrogen-bond donors (Lipinski definition) is 0. The number of hydrogen-bond acceptors (Lipinski definition) is 4. The average Bonchev–Trinajstić information content (AvgIpc) is 3.10. The maximum atomic E-state index is 12.6. The van der Waals surface area contributed by atoms with Gasteiger partial charge in [-0.25, -0.2) is 4.98 Å². The maximum absolute atomic E-state index is 12.6. The van der Waals surface area contributed by atoms with Crippen molar-refractivity contribution in [1.29, 1.82) is 0 Å². The molecule has 0 atom stereocenters. The van der Waals surface area contributed by atoms with Crippen molar-refractivity contribution >= 4 is 33.4 Å². The number of aromatic nitrogens is 1. The second-order valence-electron chi connectivity index (χ2n) is 6.36. The van der Waals surface area contributed by atoms with Crippen molar-refractivity contribution in [3.8, 4) is 10.6 Å². The van der Waals surface area contributed by atoms with Gasteiger partial charge in [0, 0.05) is 12.1 Å². The lowest BCUT2D eigenvalue weighted by Crippen LogP contribution is -2.33. The zero-order chi connectivity index (χ0) is 16.8. The zero-order valence-electron chi connectivity index (χ0n) is 13.4. The third-order valence-electron chi connectivity index (χ3n) is 4.06. The Labute approximate surface area is 143 Å². The second-order valence-corrected chi connectivity index (χ2v) is 7.39. The lowest BCUT2D eigenvalue weighted by atomic mass is 10.1. The molecule has 2 amide bonds. The molecular formula is C19H16N2O2S. The van der Waals surface area contributed by atoms with Crippen molar-refractivity contribution in [2.24, 2.45) is 5.92 Å². The third-order valence-corrected chi connectivity index (χ3v) is 5.14. The molecule has 0 bridgehead atoms. The van der Waals surface area contributed by atoms with Crippen LogP contribution in [0, 0.1) is 5.92 Å². The number of thiazole rings is 1. The van der Waals surface area contributed by atoms with Gasteiger partial charge in [-0.05, 0) is 30.2 Å².